The summed E-state index contributed by atoms with van der Waals surface area (Å²) in [4.78, 5) is 3.89. The van der Waals surface area contributed by atoms with Crippen LogP contribution in [0.1, 0.15) is 5.56 Å². The fourth-order valence-electron chi connectivity index (χ4n) is 1.97. The lowest BCUT2D eigenvalue weighted by Gasteiger charge is -2.08. The molecule has 0 saturated heterocycles. The van der Waals surface area contributed by atoms with Crippen LogP contribution < -0.4 is 5.32 Å². The van der Waals surface area contributed by atoms with Crippen LogP contribution in [-0.2, 0) is 6.54 Å². The van der Waals surface area contributed by atoms with Crippen LogP contribution in [0.3, 0.4) is 0 Å². The van der Waals surface area contributed by atoms with Crippen LogP contribution in [0, 0.1) is 5.82 Å². The van der Waals surface area contributed by atoms with Crippen LogP contribution in [0.25, 0.3) is 11.3 Å². The molecule has 0 unspecified atom stereocenters. The maximum atomic E-state index is 13.0. The van der Waals surface area contributed by atoms with Crippen molar-refractivity contribution < 1.29 is 8.81 Å². The van der Waals surface area contributed by atoms with Gasteiger partial charge in [0.15, 0.2) is 12.2 Å². The minimum absolute atomic E-state index is 0.333. The molecule has 0 atom stereocenters. The fourth-order valence-corrected chi connectivity index (χ4v) is 2.21. The van der Waals surface area contributed by atoms with Gasteiger partial charge in [-0.1, -0.05) is 17.7 Å². The summed E-state index contributed by atoms with van der Waals surface area (Å²) >= 11 is 5.99. The molecule has 1 N–H and O–H groups in total. The number of hydrogen-bond donors (Lipinski definition) is 1. The van der Waals surface area contributed by atoms with Crippen LogP contribution in [-0.4, -0.2) is 4.98 Å². The summed E-state index contributed by atoms with van der Waals surface area (Å²) in [7, 11) is 0. The van der Waals surface area contributed by atoms with Crippen molar-refractivity contribution in [1.82, 2.24) is 4.98 Å². The summed E-state index contributed by atoms with van der Waals surface area (Å²) < 4.78 is 18.2. The van der Waals surface area contributed by atoms with E-state index in [1.807, 2.05) is 24.3 Å². The first-order chi connectivity index (χ1) is 10.2. The molecule has 0 fully saturated rings. The number of benzene rings is 2. The second-order valence-corrected chi connectivity index (χ2v) is 4.94. The summed E-state index contributed by atoms with van der Waals surface area (Å²) in [5.41, 5.74) is 2.74. The number of aromatic nitrogens is 1. The molecule has 3 rings (SSSR count). The third-order valence-corrected chi connectivity index (χ3v) is 3.45. The van der Waals surface area contributed by atoms with Gasteiger partial charge >= 0.3 is 0 Å². The van der Waals surface area contributed by atoms with Gasteiger partial charge in [-0.3, -0.25) is 0 Å². The van der Waals surface area contributed by atoms with Gasteiger partial charge in [0.25, 0.3) is 0 Å². The lowest BCUT2D eigenvalue weighted by atomic mass is 10.1. The van der Waals surface area contributed by atoms with Gasteiger partial charge in [0.1, 0.15) is 5.82 Å². The number of nitrogens with zero attached hydrogens (tertiary/aromatic N) is 1. The van der Waals surface area contributed by atoms with Crippen LogP contribution >= 0.6 is 11.6 Å². The smallest absolute Gasteiger partial charge is 0.181 e. The maximum absolute atomic E-state index is 13.0. The summed E-state index contributed by atoms with van der Waals surface area (Å²) in [6, 6.07) is 12.1. The van der Waals surface area contributed by atoms with Crippen molar-refractivity contribution in [3.8, 4) is 11.3 Å². The number of rotatable bonds is 4. The molecule has 3 aromatic rings. The van der Waals surface area contributed by atoms with E-state index in [1.54, 1.807) is 12.3 Å². The van der Waals surface area contributed by atoms with Crippen LogP contribution in [0.2, 0.25) is 5.02 Å². The fraction of sp³-hybridized carbons (Fsp3) is 0.0625. The molecule has 0 aliphatic rings. The second-order valence-electron chi connectivity index (χ2n) is 4.53. The van der Waals surface area contributed by atoms with E-state index in [2.05, 4.69) is 10.3 Å². The zero-order chi connectivity index (χ0) is 14.7. The number of hydrogen-bond acceptors (Lipinski definition) is 3. The third kappa shape index (κ3) is 3.23. The first-order valence-electron chi connectivity index (χ1n) is 6.39. The van der Waals surface area contributed by atoms with Crippen molar-refractivity contribution in [2.75, 3.05) is 5.32 Å². The summed E-state index contributed by atoms with van der Waals surface area (Å²) in [6.07, 6.45) is 3.07. The standard InChI is InChI=1S/C16H12ClFN2O/c17-15-7-13(18)4-1-12(15)8-20-14-5-2-11(3-6-14)16-9-19-10-21-16/h1-7,9-10,20H,8H2. The Morgan fingerprint density at radius 2 is 1.95 bits per heavy atom. The predicted octanol–water partition coefficient (Wildman–Crippen LogP) is 4.75. The highest BCUT2D eigenvalue weighted by molar-refractivity contribution is 6.31. The van der Waals surface area contributed by atoms with Crippen LogP contribution in [0.4, 0.5) is 10.1 Å². The molecule has 5 heteroatoms. The van der Waals surface area contributed by atoms with Crippen LogP contribution in [0.5, 0.6) is 0 Å². The van der Waals surface area contributed by atoms with Crippen molar-refractivity contribution in [1.29, 1.82) is 0 Å². The van der Waals surface area contributed by atoms with Gasteiger partial charge in [-0.15, -0.1) is 0 Å². The largest absolute Gasteiger partial charge is 0.444 e. The highest BCUT2D eigenvalue weighted by Gasteiger charge is 2.03. The number of nitrogens with one attached hydrogen (secondary N) is 1. The Kier molecular flexibility index (Phi) is 3.88. The highest BCUT2D eigenvalue weighted by atomic mass is 35.5. The monoisotopic (exact) mass is 302 g/mol. The number of oxazole rings is 1. The van der Waals surface area contributed by atoms with Gasteiger partial charge in [-0.25, -0.2) is 9.37 Å². The molecule has 0 aliphatic carbocycles. The van der Waals surface area contributed by atoms with E-state index >= 15 is 0 Å². The topological polar surface area (TPSA) is 38.1 Å². The molecule has 0 bridgehead atoms. The third-order valence-electron chi connectivity index (χ3n) is 3.10. The molecule has 0 amide bonds. The Bertz CT molecular complexity index is 727. The predicted molar refractivity (Wildman–Crippen MR) is 80.7 cm³/mol. The second kappa shape index (κ2) is 5.97. The van der Waals surface area contributed by atoms with Gasteiger partial charge in [-0.2, -0.15) is 0 Å². The van der Waals surface area contributed by atoms with E-state index in [0.717, 1.165) is 22.6 Å². The quantitative estimate of drug-likeness (QED) is 0.756. The summed E-state index contributed by atoms with van der Waals surface area (Å²) in [5.74, 6) is 0.392. The van der Waals surface area contributed by atoms with Gasteiger partial charge < -0.3 is 9.73 Å². The number of halogens is 2. The van der Waals surface area contributed by atoms with E-state index in [9.17, 15) is 4.39 Å². The minimum Gasteiger partial charge on any atom is -0.444 e. The molecule has 1 aromatic heterocycles. The number of anilines is 1. The van der Waals surface area contributed by atoms with Crippen LogP contribution in [0.15, 0.2) is 59.5 Å². The Balaban J connectivity index is 1.68. The normalized spacial score (nSPS) is 10.6. The molecule has 21 heavy (non-hydrogen) atoms. The summed E-state index contributed by atoms with van der Waals surface area (Å²) in [5, 5.41) is 3.66. The van der Waals surface area contributed by atoms with Gasteiger partial charge in [0.05, 0.1) is 6.20 Å². The molecule has 0 radical (unpaired) electrons. The Hall–Kier alpha value is -2.33. The van der Waals surface area contributed by atoms with E-state index in [-0.39, 0.29) is 5.82 Å². The van der Waals surface area contributed by atoms with Crippen molar-refractivity contribution >= 4 is 17.3 Å². The molecule has 0 saturated carbocycles. The molecule has 1 heterocycles. The summed E-state index contributed by atoms with van der Waals surface area (Å²) in [6.45, 7) is 0.529. The lowest BCUT2D eigenvalue weighted by molar-refractivity contribution is 0.572. The van der Waals surface area contributed by atoms with Gasteiger partial charge in [-0.05, 0) is 42.0 Å². The lowest BCUT2D eigenvalue weighted by Crippen LogP contribution is -2.00. The molecule has 2 aromatic carbocycles. The van der Waals surface area contributed by atoms with Gasteiger partial charge in [0, 0.05) is 22.8 Å². The van der Waals surface area contributed by atoms with Crippen molar-refractivity contribution in [3.05, 3.63) is 71.5 Å². The van der Waals surface area contributed by atoms with E-state index in [0.29, 0.717) is 11.6 Å². The first-order valence-corrected chi connectivity index (χ1v) is 6.77. The highest BCUT2D eigenvalue weighted by Crippen LogP contribution is 2.22. The average molecular weight is 303 g/mol. The average Bonchev–Trinajstić information content (AvgIpc) is 3.01. The molecule has 0 spiro atoms. The van der Waals surface area contributed by atoms with Gasteiger partial charge in [0.2, 0.25) is 0 Å². The minimum atomic E-state index is -0.333. The Labute approximate surface area is 126 Å². The molecular formula is C16H12ClFN2O. The Morgan fingerprint density at radius 1 is 1.14 bits per heavy atom. The molecule has 106 valence electrons. The van der Waals surface area contributed by atoms with Crippen molar-refractivity contribution in [2.24, 2.45) is 0 Å². The SMILES string of the molecule is Fc1ccc(CNc2ccc(-c3cnco3)cc2)c(Cl)c1. The maximum Gasteiger partial charge on any atom is 0.181 e. The van der Waals surface area contributed by atoms with E-state index in [1.165, 1.54) is 18.5 Å². The molecular weight excluding hydrogens is 291 g/mol. The van der Waals surface area contributed by atoms with Crippen molar-refractivity contribution in [3.63, 3.8) is 0 Å². The van der Waals surface area contributed by atoms with E-state index < -0.39 is 0 Å². The zero-order valence-electron chi connectivity index (χ0n) is 11.0. The molecule has 0 aliphatic heterocycles. The van der Waals surface area contributed by atoms with E-state index in [4.69, 9.17) is 16.0 Å². The zero-order valence-corrected chi connectivity index (χ0v) is 11.8. The Morgan fingerprint density at radius 3 is 2.62 bits per heavy atom. The molecule has 3 nitrogen and oxygen atoms in total. The van der Waals surface area contributed by atoms with Crippen molar-refractivity contribution in [2.45, 2.75) is 6.54 Å². The first kappa shape index (κ1) is 13.6.